The van der Waals surface area contributed by atoms with Crippen LogP contribution in [0.3, 0.4) is 0 Å². The molecule has 0 aliphatic heterocycles. The summed E-state index contributed by atoms with van der Waals surface area (Å²) in [5.41, 5.74) is 0. The van der Waals surface area contributed by atoms with Crippen molar-refractivity contribution in [3.05, 3.63) is 24.3 Å². The van der Waals surface area contributed by atoms with E-state index in [1.54, 1.807) is 0 Å². The number of hydrogen-bond acceptors (Lipinski definition) is 7. The maximum atomic E-state index is 12.5. The van der Waals surface area contributed by atoms with Gasteiger partial charge in [-0.1, -0.05) is 192 Å². The van der Waals surface area contributed by atoms with E-state index in [1.165, 1.54) is 154 Å². The molecule has 0 saturated heterocycles. The molecule has 2 N–H and O–H groups in total. The molecular formula is C48H86O9. The normalized spacial score (nSPS) is 12.7. The van der Waals surface area contributed by atoms with Crippen LogP contribution < -0.4 is 0 Å². The predicted molar refractivity (Wildman–Crippen MR) is 232 cm³/mol. The molecule has 0 aromatic rings. The van der Waals surface area contributed by atoms with Crippen LogP contribution in [-0.4, -0.2) is 60.5 Å². The van der Waals surface area contributed by atoms with Crippen LogP contribution >= 0.6 is 0 Å². The summed E-state index contributed by atoms with van der Waals surface area (Å²) in [6, 6.07) is 0. The molecular weight excluding hydrogens is 721 g/mol. The van der Waals surface area contributed by atoms with Crippen LogP contribution in [0.1, 0.15) is 219 Å². The second-order valence-corrected chi connectivity index (χ2v) is 16.0. The molecule has 0 bridgehead atoms. The Kier molecular flexibility index (Phi) is 40.9. The van der Waals surface area contributed by atoms with Crippen molar-refractivity contribution in [2.45, 2.75) is 219 Å². The van der Waals surface area contributed by atoms with Gasteiger partial charge in [0.1, 0.15) is 13.2 Å². The van der Waals surface area contributed by atoms with Gasteiger partial charge in [-0.3, -0.25) is 19.2 Å². The monoisotopic (exact) mass is 807 g/mol. The Labute approximate surface area is 348 Å². The van der Waals surface area contributed by atoms with Crippen molar-refractivity contribution in [1.29, 1.82) is 0 Å². The van der Waals surface area contributed by atoms with Crippen molar-refractivity contribution in [3.8, 4) is 0 Å². The van der Waals surface area contributed by atoms with Crippen LogP contribution in [0, 0.1) is 11.8 Å². The zero-order chi connectivity index (χ0) is 41.9. The Morgan fingerprint density at radius 3 is 1.19 bits per heavy atom. The summed E-state index contributed by atoms with van der Waals surface area (Å²) in [4.78, 5) is 47.8. The summed E-state index contributed by atoms with van der Waals surface area (Å²) in [6.45, 7) is 4.56. The number of carboxylic acid groups (broad SMARTS) is 2. The standard InChI is InChI=1S/C48H86O9/c1-3-5-7-9-11-13-15-17-19-21-23-25-27-29-31-33-35-43(47(52)53)42-46(51)56-39-37-55-38-40-57-48(54)44(41-45(49)50)36-34-32-30-28-26-24-22-20-18-16-14-12-10-8-6-4-2/h31-34,43-44H,3-30,35-42H2,1-2H3,(H,49,50)(H,52,53)/b33-31+,34-32+. The van der Waals surface area contributed by atoms with Crippen molar-refractivity contribution in [2.75, 3.05) is 26.4 Å². The zero-order valence-corrected chi connectivity index (χ0v) is 36.7. The summed E-state index contributed by atoms with van der Waals surface area (Å²) < 4.78 is 15.8. The number of ether oxygens (including phenoxy) is 3. The number of hydrogen-bond donors (Lipinski definition) is 2. The highest BCUT2D eigenvalue weighted by molar-refractivity contribution is 5.79. The van der Waals surface area contributed by atoms with Gasteiger partial charge in [-0.2, -0.15) is 0 Å². The van der Waals surface area contributed by atoms with Gasteiger partial charge < -0.3 is 24.4 Å². The fraction of sp³-hybridized carbons (Fsp3) is 0.833. The Morgan fingerprint density at radius 1 is 0.439 bits per heavy atom. The average Bonchev–Trinajstić information content (AvgIpc) is 3.18. The lowest BCUT2D eigenvalue weighted by Crippen LogP contribution is -2.23. The number of esters is 2. The number of carbonyl (C=O) groups is 4. The van der Waals surface area contributed by atoms with E-state index in [4.69, 9.17) is 14.2 Å². The first-order valence-corrected chi connectivity index (χ1v) is 23.5. The summed E-state index contributed by atoms with van der Waals surface area (Å²) in [5.74, 6) is -4.85. The van der Waals surface area contributed by atoms with E-state index in [9.17, 15) is 29.4 Å². The van der Waals surface area contributed by atoms with Crippen molar-refractivity contribution >= 4 is 23.9 Å². The van der Waals surface area contributed by atoms with Gasteiger partial charge in [0.2, 0.25) is 0 Å². The number of rotatable bonds is 44. The highest BCUT2D eigenvalue weighted by Crippen LogP contribution is 2.17. The molecule has 2 atom stereocenters. The third-order valence-corrected chi connectivity index (χ3v) is 10.6. The van der Waals surface area contributed by atoms with Crippen LogP contribution in [0.4, 0.5) is 0 Å². The number of aliphatic carboxylic acids is 2. The molecule has 9 heteroatoms. The average molecular weight is 807 g/mol. The van der Waals surface area contributed by atoms with Crippen molar-refractivity contribution < 1.29 is 43.6 Å². The topological polar surface area (TPSA) is 136 Å². The number of carboxylic acids is 2. The van der Waals surface area contributed by atoms with E-state index in [1.807, 2.05) is 24.3 Å². The molecule has 2 unspecified atom stereocenters. The molecule has 9 nitrogen and oxygen atoms in total. The van der Waals surface area contributed by atoms with Crippen LogP contribution in [0.2, 0.25) is 0 Å². The number of allylic oxidation sites excluding steroid dienone is 4. The third kappa shape index (κ3) is 39.9. The molecule has 332 valence electrons. The van der Waals surface area contributed by atoms with Gasteiger partial charge in [0.05, 0.1) is 37.9 Å². The second kappa shape index (κ2) is 42.9. The van der Waals surface area contributed by atoms with E-state index in [0.717, 1.165) is 25.7 Å². The Balaban J connectivity index is 3.95. The van der Waals surface area contributed by atoms with Crippen LogP contribution in [0.15, 0.2) is 24.3 Å². The zero-order valence-electron chi connectivity index (χ0n) is 36.7. The number of unbranched alkanes of at least 4 members (excludes halogenated alkanes) is 26. The summed E-state index contributed by atoms with van der Waals surface area (Å²) in [6.07, 6.45) is 43.7. The summed E-state index contributed by atoms with van der Waals surface area (Å²) >= 11 is 0. The largest absolute Gasteiger partial charge is 0.481 e. The lowest BCUT2D eigenvalue weighted by molar-refractivity contribution is -0.155. The van der Waals surface area contributed by atoms with E-state index in [0.29, 0.717) is 6.42 Å². The molecule has 0 radical (unpaired) electrons. The molecule has 0 heterocycles. The van der Waals surface area contributed by atoms with E-state index in [2.05, 4.69) is 13.8 Å². The molecule has 0 spiro atoms. The van der Waals surface area contributed by atoms with E-state index < -0.39 is 35.7 Å². The van der Waals surface area contributed by atoms with Gasteiger partial charge >= 0.3 is 23.9 Å². The minimum Gasteiger partial charge on any atom is -0.481 e. The number of carbonyl (C=O) groups excluding carboxylic acids is 2. The Hall–Kier alpha value is -2.68. The molecule has 0 aliphatic rings. The van der Waals surface area contributed by atoms with Crippen molar-refractivity contribution in [3.63, 3.8) is 0 Å². The first kappa shape index (κ1) is 54.3. The molecule has 57 heavy (non-hydrogen) atoms. The van der Waals surface area contributed by atoms with Gasteiger partial charge in [-0.05, 0) is 38.5 Å². The molecule has 0 rings (SSSR count). The minimum atomic E-state index is -1.05. The summed E-state index contributed by atoms with van der Waals surface area (Å²) in [5, 5.41) is 18.8. The minimum absolute atomic E-state index is 0.0420. The maximum absolute atomic E-state index is 12.5. The van der Waals surface area contributed by atoms with E-state index in [-0.39, 0.29) is 45.7 Å². The van der Waals surface area contributed by atoms with Crippen LogP contribution in [-0.2, 0) is 33.4 Å². The van der Waals surface area contributed by atoms with Gasteiger partial charge in [0, 0.05) is 0 Å². The van der Waals surface area contributed by atoms with Gasteiger partial charge in [0.25, 0.3) is 0 Å². The van der Waals surface area contributed by atoms with E-state index >= 15 is 0 Å². The smallest absolute Gasteiger partial charge is 0.309 e. The fourth-order valence-corrected chi connectivity index (χ4v) is 6.96. The first-order valence-electron chi connectivity index (χ1n) is 23.5. The molecule has 0 aromatic heterocycles. The fourth-order valence-electron chi connectivity index (χ4n) is 6.96. The van der Waals surface area contributed by atoms with Gasteiger partial charge in [0.15, 0.2) is 0 Å². The second-order valence-electron chi connectivity index (χ2n) is 16.0. The predicted octanol–water partition coefficient (Wildman–Crippen LogP) is 13.1. The lowest BCUT2D eigenvalue weighted by atomic mass is 10.0. The quantitative estimate of drug-likeness (QED) is 0.0350. The van der Waals surface area contributed by atoms with Crippen LogP contribution in [0.5, 0.6) is 0 Å². The molecule has 0 saturated carbocycles. The molecule has 0 amide bonds. The van der Waals surface area contributed by atoms with Crippen molar-refractivity contribution in [1.82, 2.24) is 0 Å². The molecule has 0 aromatic carbocycles. The first-order chi connectivity index (χ1) is 27.8. The SMILES string of the molecule is CCCCCCCCCCCCCCC/C=C/CC(CC(=O)OCCOCCOC(=O)C(C/C=C/CCCCCCCCCCCCCCC)CC(=O)O)C(=O)O. The highest BCUT2D eigenvalue weighted by Gasteiger charge is 2.22. The Morgan fingerprint density at radius 2 is 0.807 bits per heavy atom. The van der Waals surface area contributed by atoms with Crippen molar-refractivity contribution in [2.24, 2.45) is 11.8 Å². The van der Waals surface area contributed by atoms with Gasteiger partial charge in [-0.25, -0.2) is 0 Å². The molecule has 0 aliphatic carbocycles. The van der Waals surface area contributed by atoms with Crippen LogP contribution in [0.25, 0.3) is 0 Å². The molecule has 0 fully saturated rings. The lowest BCUT2D eigenvalue weighted by Gasteiger charge is -2.13. The summed E-state index contributed by atoms with van der Waals surface area (Å²) in [7, 11) is 0. The highest BCUT2D eigenvalue weighted by atomic mass is 16.6. The third-order valence-electron chi connectivity index (χ3n) is 10.6. The maximum Gasteiger partial charge on any atom is 0.309 e. The Bertz CT molecular complexity index is 1010. The van der Waals surface area contributed by atoms with Gasteiger partial charge in [-0.15, -0.1) is 0 Å².